The van der Waals surface area contributed by atoms with Crippen molar-refractivity contribution >= 4 is 47.2 Å². The van der Waals surface area contributed by atoms with Crippen molar-refractivity contribution in [3.63, 3.8) is 0 Å². The Kier molecular flexibility index (Phi) is 9.44. The molecule has 4 aromatic rings. The number of carbonyl (C=O) groups excluding carboxylic acids is 1. The van der Waals surface area contributed by atoms with Crippen molar-refractivity contribution in [3.05, 3.63) is 99.6 Å². The van der Waals surface area contributed by atoms with Crippen LogP contribution in [0.2, 0.25) is 5.02 Å². The number of amides is 1. The average molecular weight is 563 g/mol. The Hall–Kier alpha value is -4.48. The quantitative estimate of drug-likeness (QED) is 0.106. The summed E-state index contributed by atoms with van der Waals surface area (Å²) >= 11 is 7.26. The molecule has 39 heavy (non-hydrogen) atoms. The van der Waals surface area contributed by atoms with Gasteiger partial charge in [-0.05, 0) is 73.7 Å². The molecule has 0 aliphatic heterocycles. The molecule has 198 valence electrons. The summed E-state index contributed by atoms with van der Waals surface area (Å²) in [7, 11) is 0. The van der Waals surface area contributed by atoms with Crippen LogP contribution in [0.25, 0.3) is 23.2 Å². The van der Waals surface area contributed by atoms with Crippen LogP contribution >= 0.6 is 23.4 Å². The van der Waals surface area contributed by atoms with Gasteiger partial charge in [0, 0.05) is 28.6 Å². The summed E-state index contributed by atoms with van der Waals surface area (Å²) in [5.41, 5.74) is 4.47. The summed E-state index contributed by atoms with van der Waals surface area (Å²) in [6.45, 7) is 2.48. The summed E-state index contributed by atoms with van der Waals surface area (Å²) in [6.07, 6.45) is 4.40. The highest BCUT2D eigenvalue weighted by Gasteiger charge is 2.17. The Morgan fingerprint density at radius 3 is 2.59 bits per heavy atom. The van der Waals surface area contributed by atoms with E-state index in [2.05, 4.69) is 20.7 Å². The molecule has 1 amide bonds. The maximum atomic E-state index is 12.4. The van der Waals surface area contributed by atoms with Gasteiger partial charge in [-0.1, -0.05) is 35.5 Å². The smallest absolute Gasteiger partial charge is 0.276 e. The second kappa shape index (κ2) is 13.4. The first-order valence-electron chi connectivity index (χ1n) is 11.8. The Labute approximate surface area is 233 Å². The minimum Gasteiger partial charge on any atom is -0.494 e. The Balaban J connectivity index is 1.45. The van der Waals surface area contributed by atoms with Crippen molar-refractivity contribution in [1.29, 1.82) is 0 Å². The van der Waals surface area contributed by atoms with E-state index in [0.29, 0.717) is 28.2 Å². The van der Waals surface area contributed by atoms with Crippen molar-refractivity contribution in [1.82, 2.24) is 20.2 Å². The van der Waals surface area contributed by atoms with Crippen LogP contribution in [0.15, 0.2) is 89.1 Å². The number of hydrogen-bond donors (Lipinski definition) is 1. The molecule has 4 rings (SSSR count). The standard InChI is InChI=1S/C27H23ClN6O4S/c1-2-38-23-15-13-22(14-16-23)33-26(20-9-11-21(28)12-10-20)31-32-27(33)39-18-25(35)30-29-17-5-7-19-6-3-4-8-24(19)34(36)37/h3-17H,2,18H2,1H3,(H,30,35)/b7-5+,29-17-. The van der Waals surface area contributed by atoms with E-state index in [0.717, 1.165) is 17.0 Å². The fourth-order valence-electron chi connectivity index (χ4n) is 3.50. The lowest BCUT2D eigenvalue weighted by Crippen LogP contribution is -2.19. The molecule has 1 N–H and O–H groups in total. The van der Waals surface area contributed by atoms with Crippen LogP contribution in [0.4, 0.5) is 5.69 Å². The highest BCUT2D eigenvalue weighted by molar-refractivity contribution is 7.99. The predicted molar refractivity (Wildman–Crippen MR) is 152 cm³/mol. The lowest BCUT2D eigenvalue weighted by atomic mass is 10.2. The molecule has 0 aliphatic carbocycles. The zero-order valence-electron chi connectivity index (χ0n) is 20.7. The van der Waals surface area contributed by atoms with Gasteiger partial charge in [0.2, 0.25) is 0 Å². The van der Waals surface area contributed by atoms with E-state index in [1.807, 2.05) is 47.9 Å². The van der Waals surface area contributed by atoms with Gasteiger partial charge >= 0.3 is 0 Å². The van der Waals surface area contributed by atoms with Crippen molar-refractivity contribution in [2.24, 2.45) is 5.10 Å². The normalized spacial score (nSPS) is 11.2. The third kappa shape index (κ3) is 7.30. The fourth-order valence-corrected chi connectivity index (χ4v) is 4.37. The van der Waals surface area contributed by atoms with Crippen LogP contribution < -0.4 is 10.2 Å². The summed E-state index contributed by atoms with van der Waals surface area (Å²) in [4.78, 5) is 23.1. The summed E-state index contributed by atoms with van der Waals surface area (Å²) < 4.78 is 7.41. The monoisotopic (exact) mass is 562 g/mol. The number of hydrazone groups is 1. The Morgan fingerprint density at radius 1 is 1.13 bits per heavy atom. The number of ether oxygens (including phenoxy) is 1. The van der Waals surface area contributed by atoms with Gasteiger partial charge in [-0.15, -0.1) is 10.2 Å². The van der Waals surface area contributed by atoms with Gasteiger partial charge in [0.05, 0.1) is 22.8 Å². The molecule has 0 aliphatic rings. The third-order valence-electron chi connectivity index (χ3n) is 5.23. The van der Waals surface area contributed by atoms with Gasteiger partial charge in [-0.2, -0.15) is 5.10 Å². The SMILES string of the molecule is CCOc1ccc(-n2c(SCC(=O)N/N=C\C=C\c3ccccc3[N+](=O)[O-])nnc2-c2ccc(Cl)cc2)cc1. The maximum Gasteiger partial charge on any atom is 0.276 e. The first-order valence-corrected chi connectivity index (χ1v) is 13.1. The van der Waals surface area contributed by atoms with Gasteiger partial charge < -0.3 is 4.74 Å². The van der Waals surface area contributed by atoms with Gasteiger partial charge in [0.25, 0.3) is 11.6 Å². The van der Waals surface area contributed by atoms with Crippen LogP contribution in [0.1, 0.15) is 12.5 Å². The zero-order valence-corrected chi connectivity index (χ0v) is 22.3. The number of thioether (sulfide) groups is 1. The van der Waals surface area contributed by atoms with E-state index in [-0.39, 0.29) is 17.3 Å². The molecule has 0 bridgehead atoms. The minimum absolute atomic E-state index is 0.0165. The van der Waals surface area contributed by atoms with Crippen LogP contribution in [0.5, 0.6) is 5.75 Å². The second-order valence-electron chi connectivity index (χ2n) is 7.85. The Bertz CT molecular complexity index is 1500. The van der Waals surface area contributed by atoms with Gasteiger partial charge in [0.1, 0.15) is 5.75 Å². The molecule has 3 aromatic carbocycles. The lowest BCUT2D eigenvalue weighted by Gasteiger charge is -2.11. The van der Waals surface area contributed by atoms with Crippen molar-refractivity contribution in [2.75, 3.05) is 12.4 Å². The lowest BCUT2D eigenvalue weighted by molar-refractivity contribution is -0.385. The number of allylic oxidation sites excluding steroid dienone is 1. The van der Waals surface area contributed by atoms with Crippen LogP contribution in [0, 0.1) is 10.1 Å². The first kappa shape index (κ1) is 27.6. The summed E-state index contributed by atoms with van der Waals surface area (Å²) in [6, 6.07) is 21.1. The number of nitro groups is 1. The zero-order chi connectivity index (χ0) is 27.6. The number of nitrogens with zero attached hydrogens (tertiary/aromatic N) is 5. The van der Waals surface area contributed by atoms with Crippen LogP contribution in [0.3, 0.4) is 0 Å². The highest BCUT2D eigenvalue weighted by atomic mass is 35.5. The molecule has 0 saturated carbocycles. The molecule has 10 nitrogen and oxygen atoms in total. The van der Waals surface area contributed by atoms with Crippen molar-refractivity contribution in [3.8, 4) is 22.8 Å². The van der Waals surface area contributed by atoms with E-state index < -0.39 is 4.92 Å². The number of rotatable bonds is 11. The van der Waals surface area contributed by atoms with E-state index >= 15 is 0 Å². The number of hydrogen-bond acceptors (Lipinski definition) is 8. The number of para-hydroxylation sites is 1. The van der Waals surface area contributed by atoms with Crippen LogP contribution in [-0.2, 0) is 4.79 Å². The topological polar surface area (TPSA) is 125 Å². The summed E-state index contributed by atoms with van der Waals surface area (Å²) in [5.74, 6) is 1.01. The molecular formula is C27H23ClN6O4S. The molecule has 0 radical (unpaired) electrons. The number of nitrogens with one attached hydrogen (secondary N) is 1. The van der Waals surface area contributed by atoms with Crippen molar-refractivity contribution in [2.45, 2.75) is 12.1 Å². The second-order valence-corrected chi connectivity index (χ2v) is 9.23. The van der Waals surface area contributed by atoms with Crippen molar-refractivity contribution < 1.29 is 14.5 Å². The summed E-state index contributed by atoms with van der Waals surface area (Å²) in [5, 5.41) is 24.8. The predicted octanol–water partition coefficient (Wildman–Crippen LogP) is 5.80. The van der Waals surface area contributed by atoms with E-state index in [9.17, 15) is 14.9 Å². The van der Waals surface area contributed by atoms with Gasteiger partial charge in [-0.25, -0.2) is 5.43 Å². The first-order chi connectivity index (χ1) is 19.0. The van der Waals surface area contributed by atoms with Crippen LogP contribution in [-0.4, -0.2) is 44.2 Å². The number of halogens is 1. The number of aromatic nitrogens is 3. The largest absolute Gasteiger partial charge is 0.494 e. The molecule has 0 atom stereocenters. The highest BCUT2D eigenvalue weighted by Crippen LogP contribution is 2.29. The molecule has 0 unspecified atom stereocenters. The molecule has 0 saturated heterocycles. The van der Waals surface area contributed by atoms with Gasteiger partial charge in [0.15, 0.2) is 11.0 Å². The number of nitro benzene ring substituents is 1. The molecule has 0 fully saturated rings. The minimum atomic E-state index is -0.458. The van der Waals surface area contributed by atoms with Gasteiger partial charge in [-0.3, -0.25) is 19.5 Å². The van der Waals surface area contributed by atoms with E-state index in [1.165, 1.54) is 30.1 Å². The molecule has 1 heterocycles. The molecular weight excluding hydrogens is 540 g/mol. The maximum absolute atomic E-state index is 12.4. The third-order valence-corrected chi connectivity index (χ3v) is 6.41. The number of carbonyl (C=O) groups is 1. The molecule has 1 aromatic heterocycles. The Morgan fingerprint density at radius 2 is 1.87 bits per heavy atom. The number of benzene rings is 3. The van der Waals surface area contributed by atoms with E-state index in [1.54, 1.807) is 36.4 Å². The fraction of sp³-hybridized carbons (Fsp3) is 0.111. The average Bonchev–Trinajstić information content (AvgIpc) is 3.37. The van der Waals surface area contributed by atoms with E-state index in [4.69, 9.17) is 16.3 Å². The molecule has 12 heteroatoms. The molecule has 0 spiro atoms.